The minimum absolute atomic E-state index is 0.184. The number of carbonyl (C=O) groups is 1. The largest absolute Gasteiger partial charge is 0.464 e. The van der Waals surface area contributed by atoms with Crippen LogP contribution >= 0.6 is 0 Å². The Bertz CT molecular complexity index is 707. The molecule has 136 valence electrons. The molecule has 3 rings (SSSR count). The number of anilines is 1. The number of ether oxygens (including phenoxy) is 1. The minimum Gasteiger partial charge on any atom is -0.464 e. The van der Waals surface area contributed by atoms with Crippen LogP contribution in [0.1, 0.15) is 37.8 Å². The number of urea groups is 1. The quantitative estimate of drug-likeness (QED) is 0.900. The van der Waals surface area contributed by atoms with Crippen molar-refractivity contribution in [1.82, 2.24) is 14.7 Å². The molecule has 0 aromatic carbocycles. The van der Waals surface area contributed by atoms with E-state index in [1.807, 2.05) is 36.0 Å². The zero-order valence-electron chi connectivity index (χ0n) is 15.1. The van der Waals surface area contributed by atoms with Gasteiger partial charge in [0, 0.05) is 25.4 Å². The van der Waals surface area contributed by atoms with Crippen LogP contribution in [-0.2, 0) is 11.3 Å². The van der Waals surface area contributed by atoms with Crippen molar-refractivity contribution in [2.24, 2.45) is 5.92 Å². The summed E-state index contributed by atoms with van der Waals surface area (Å²) in [5.41, 5.74) is 0. The monoisotopic (exact) mass is 346 g/mol. The number of hydrogen-bond donors (Lipinski definition) is 1. The summed E-state index contributed by atoms with van der Waals surface area (Å²) in [6.45, 7) is 8.57. The zero-order valence-corrected chi connectivity index (χ0v) is 15.1. The first-order valence-electron chi connectivity index (χ1n) is 8.78. The van der Waals surface area contributed by atoms with E-state index < -0.39 is 0 Å². The summed E-state index contributed by atoms with van der Waals surface area (Å²) >= 11 is 0. The summed E-state index contributed by atoms with van der Waals surface area (Å²) in [6, 6.07) is 5.22. The molecule has 3 heterocycles. The molecule has 0 aliphatic carbocycles. The van der Waals surface area contributed by atoms with E-state index in [1.54, 1.807) is 4.90 Å². The van der Waals surface area contributed by atoms with E-state index in [0.29, 0.717) is 31.5 Å². The zero-order chi connectivity index (χ0) is 17.8. The molecule has 7 heteroatoms. The maximum atomic E-state index is 12.7. The molecule has 0 bridgehead atoms. The average Bonchev–Trinajstić information content (AvgIpc) is 3.22. The number of nitrogens with one attached hydrogen (secondary N) is 1. The van der Waals surface area contributed by atoms with E-state index in [0.717, 1.165) is 24.5 Å². The number of nitrogens with zero attached hydrogens (tertiary/aromatic N) is 3. The summed E-state index contributed by atoms with van der Waals surface area (Å²) in [7, 11) is 0. The molecule has 0 spiro atoms. The minimum atomic E-state index is -0.217. The van der Waals surface area contributed by atoms with E-state index >= 15 is 0 Å². The van der Waals surface area contributed by atoms with Gasteiger partial charge in [-0.25, -0.2) is 4.79 Å². The Hall–Kier alpha value is -2.28. The van der Waals surface area contributed by atoms with Crippen LogP contribution in [-0.4, -0.2) is 40.5 Å². The number of furan rings is 1. The third kappa shape index (κ3) is 4.42. The van der Waals surface area contributed by atoms with Gasteiger partial charge in [0.05, 0.1) is 13.2 Å². The molecular formula is C18H26N4O3. The van der Waals surface area contributed by atoms with Crippen LogP contribution in [0.5, 0.6) is 0 Å². The lowest BCUT2D eigenvalue weighted by molar-refractivity contribution is 0.00708. The molecule has 0 radical (unpaired) electrons. The van der Waals surface area contributed by atoms with Gasteiger partial charge in [-0.2, -0.15) is 5.10 Å². The number of aryl methyl sites for hydroxylation is 2. The van der Waals surface area contributed by atoms with E-state index in [4.69, 9.17) is 9.15 Å². The number of carbonyl (C=O) groups excluding carboxylic acids is 1. The Kier molecular flexibility index (Phi) is 5.43. The average molecular weight is 346 g/mol. The smallest absolute Gasteiger partial charge is 0.323 e. The lowest BCUT2D eigenvalue weighted by Gasteiger charge is -2.34. The van der Waals surface area contributed by atoms with Crippen LogP contribution in [0.3, 0.4) is 0 Å². The number of morpholine rings is 1. The Morgan fingerprint density at radius 1 is 1.40 bits per heavy atom. The Morgan fingerprint density at radius 3 is 2.96 bits per heavy atom. The molecule has 1 saturated heterocycles. The second kappa shape index (κ2) is 7.74. The first-order chi connectivity index (χ1) is 12.0. The highest BCUT2D eigenvalue weighted by molar-refractivity contribution is 5.88. The number of hydrogen-bond acceptors (Lipinski definition) is 4. The molecule has 1 aliphatic heterocycles. The summed E-state index contributed by atoms with van der Waals surface area (Å²) in [4.78, 5) is 14.4. The molecule has 1 aliphatic rings. The fourth-order valence-corrected chi connectivity index (χ4v) is 2.84. The van der Waals surface area contributed by atoms with Crippen molar-refractivity contribution in [1.29, 1.82) is 0 Å². The molecule has 7 nitrogen and oxygen atoms in total. The summed E-state index contributed by atoms with van der Waals surface area (Å²) in [6.07, 6.45) is 2.95. The molecule has 25 heavy (non-hydrogen) atoms. The van der Waals surface area contributed by atoms with Crippen molar-refractivity contribution in [3.63, 3.8) is 0 Å². The van der Waals surface area contributed by atoms with Gasteiger partial charge in [-0.05, 0) is 31.4 Å². The van der Waals surface area contributed by atoms with Crippen LogP contribution in [0, 0.1) is 12.8 Å². The van der Waals surface area contributed by atoms with E-state index in [-0.39, 0.29) is 12.1 Å². The SMILES string of the molecule is Cc1ccc(C2COCCN2C(=O)Nc2ccn(CCC(C)C)n2)o1. The van der Waals surface area contributed by atoms with Crippen LogP contribution in [0.2, 0.25) is 0 Å². The van der Waals surface area contributed by atoms with Gasteiger partial charge in [0.15, 0.2) is 5.82 Å². The van der Waals surface area contributed by atoms with Crippen molar-refractivity contribution in [3.8, 4) is 0 Å². The van der Waals surface area contributed by atoms with Gasteiger partial charge in [-0.3, -0.25) is 10.00 Å². The predicted molar refractivity (Wildman–Crippen MR) is 94.4 cm³/mol. The highest BCUT2D eigenvalue weighted by Gasteiger charge is 2.31. The Labute approximate surface area is 147 Å². The van der Waals surface area contributed by atoms with E-state index in [9.17, 15) is 4.79 Å². The van der Waals surface area contributed by atoms with E-state index in [1.165, 1.54) is 0 Å². The van der Waals surface area contributed by atoms with Crippen molar-refractivity contribution in [2.75, 3.05) is 25.1 Å². The molecular weight excluding hydrogens is 320 g/mol. The third-order valence-electron chi connectivity index (χ3n) is 4.29. The van der Waals surface area contributed by atoms with Crippen molar-refractivity contribution in [2.45, 2.75) is 39.8 Å². The molecule has 1 N–H and O–H groups in total. The topological polar surface area (TPSA) is 72.5 Å². The molecule has 2 aromatic heterocycles. The summed E-state index contributed by atoms with van der Waals surface area (Å²) in [5, 5.41) is 7.31. The van der Waals surface area contributed by atoms with Crippen molar-refractivity contribution in [3.05, 3.63) is 35.9 Å². The van der Waals surface area contributed by atoms with Crippen LogP contribution in [0.15, 0.2) is 28.8 Å². The fourth-order valence-electron chi connectivity index (χ4n) is 2.84. The molecule has 0 saturated carbocycles. The molecule has 2 amide bonds. The van der Waals surface area contributed by atoms with Crippen molar-refractivity contribution < 1.29 is 13.9 Å². The summed E-state index contributed by atoms with van der Waals surface area (Å²) in [5.74, 6) is 2.75. The normalized spacial score (nSPS) is 17.9. The van der Waals surface area contributed by atoms with Gasteiger partial charge in [0.25, 0.3) is 0 Å². The third-order valence-corrected chi connectivity index (χ3v) is 4.29. The standard InChI is InChI=1S/C18H26N4O3/c1-13(2)6-8-21-9-7-17(20-21)19-18(23)22-10-11-24-12-15(22)16-5-4-14(3)25-16/h4-5,7,9,13,15H,6,8,10-12H2,1-3H3,(H,19,20,23). The van der Waals surface area contributed by atoms with Gasteiger partial charge in [0.2, 0.25) is 0 Å². The van der Waals surface area contributed by atoms with Gasteiger partial charge < -0.3 is 14.1 Å². The molecule has 1 fully saturated rings. The number of amides is 2. The first kappa shape index (κ1) is 17.5. The van der Waals surface area contributed by atoms with Gasteiger partial charge >= 0.3 is 6.03 Å². The van der Waals surface area contributed by atoms with Gasteiger partial charge in [0.1, 0.15) is 17.6 Å². The van der Waals surface area contributed by atoms with Crippen LogP contribution in [0.25, 0.3) is 0 Å². The maximum absolute atomic E-state index is 12.7. The fraction of sp³-hybridized carbons (Fsp3) is 0.556. The maximum Gasteiger partial charge on any atom is 0.323 e. The number of rotatable bonds is 5. The Morgan fingerprint density at radius 2 is 2.24 bits per heavy atom. The Balaban J connectivity index is 1.64. The van der Waals surface area contributed by atoms with Crippen LogP contribution in [0.4, 0.5) is 10.6 Å². The molecule has 1 unspecified atom stereocenters. The highest BCUT2D eigenvalue weighted by Crippen LogP contribution is 2.26. The van der Waals surface area contributed by atoms with Gasteiger partial charge in [-0.1, -0.05) is 13.8 Å². The molecule has 2 aromatic rings. The van der Waals surface area contributed by atoms with Crippen LogP contribution < -0.4 is 5.32 Å². The molecule has 1 atom stereocenters. The highest BCUT2D eigenvalue weighted by atomic mass is 16.5. The van der Waals surface area contributed by atoms with Gasteiger partial charge in [-0.15, -0.1) is 0 Å². The first-order valence-corrected chi connectivity index (χ1v) is 8.78. The predicted octanol–water partition coefficient (Wildman–Crippen LogP) is 3.44. The number of aromatic nitrogens is 2. The summed E-state index contributed by atoms with van der Waals surface area (Å²) < 4.78 is 13.1. The lowest BCUT2D eigenvalue weighted by Crippen LogP contribution is -2.45. The lowest BCUT2D eigenvalue weighted by atomic mass is 10.1. The van der Waals surface area contributed by atoms with E-state index in [2.05, 4.69) is 24.3 Å². The second-order valence-corrected chi connectivity index (χ2v) is 6.81. The van der Waals surface area contributed by atoms with Crippen molar-refractivity contribution >= 4 is 11.8 Å². The second-order valence-electron chi connectivity index (χ2n) is 6.81.